The number of benzene rings is 2. The van der Waals surface area contributed by atoms with Crippen LogP contribution in [0.15, 0.2) is 30.3 Å². The first-order chi connectivity index (χ1) is 11.5. The van der Waals surface area contributed by atoms with E-state index in [9.17, 15) is 4.79 Å². The van der Waals surface area contributed by atoms with E-state index >= 15 is 0 Å². The Hall–Kier alpha value is -2.53. The Morgan fingerprint density at radius 3 is 2.62 bits per heavy atom. The summed E-state index contributed by atoms with van der Waals surface area (Å²) in [5, 5.41) is 10.9. The van der Waals surface area contributed by atoms with Crippen LogP contribution in [-0.2, 0) is 16.0 Å². The number of hydrogen-bond donors (Lipinski definition) is 1. The third kappa shape index (κ3) is 3.51. The fourth-order valence-corrected chi connectivity index (χ4v) is 2.79. The fourth-order valence-electron chi connectivity index (χ4n) is 2.79. The minimum absolute atomic E-state index is 0.104. The zero-order chi connectivity index (χ0) is 17.7. The second-order valence-electron chi connectivity index (χ2n) is 5.37. The molecule has 0 aromatic heterocycles. The van der Waals surface area contributed by atoms with Crippen molar-refractivity contribution >= 4 is 22.3 Å². The van der Waals surface area contributed by atoms with E-state index in [0.29, 0.717) is 17.1 Å². The van der Waals surface area contributed by atoms with Crippen LogP contribution >= 0.6 is 0 Å². The monoisotopic (exact) mass is 330 g/mol. The lowest BCUT2D eigenvalue weighted by Gasteiger charge is -2.18. The Kier molecular flexibility index (Phi) is 5.82. The van der Waals surface area contributed by atoms with Gasteiger partial charge in [-0.3, -0.25) is 0 Å². The number of aryl methyl sites for hydroxylation is 1. The molecule has 0 saturated carbocycles. The van der Waals surface area contributed by atoms with Crippen molar-refractivity contribution in [3.8, 4) is 11.5 Å². The Labute approximate surface area is 141 Å². The predicted octanol–water partition coefficient (Wildman–Crippen LogP) is 3.88. The van der Waals surface area contributed by atoms with E-state index in [2.05, 4.69) is 6.92 Å². The van der Waals surface area contributed by atoms with Crippen molar-refractivity contribution in [1.82, 2.24) is 0 Å². The lowest BCUT2D eigenvalue weighted by molar-refractivity contribution is -0.131. The number of carboxylic acids is 1. The van der Waals surface area contributed by atoms with Crippen molar-refractivity contribution in [2.75, 3.05) is 21.0 Å². The Bertz CT molecular complexity index is 777. The molecule has 0 bridgehead atoms. The molecule has 0 fully saturated rings. The second-order valence-corrected chi connectivity index (χ2v) is 5.37. The predicted molar refractivity (Wildman–Crippen MR) is 93.7 cm³/mol. The highest BCUT2D eigenvalue weighted by atomic mass is 16.7. The molecule has 0 spiro atoms. The lowest BCUT2D eigenvalue weighted by Crippen LogP contribution is -2.04. The van der Waals surface area contributed by atoms with Gasteiger partial charge in [-0.1, -0.05) is 25.1 Å². The highest BCUT2D eigenvalue weighted by Gasteiger charge is 2.18. The van der Waals surface area contributed by atoms with Crippen molar-refractivity contribution in [3.63, 3.8) is 0 Å². The first kappa shape index (κ1) is 17.8. The van der Waals surface area contributed by atoms with Gasteiger partial charge in [0, 0.05) is 18.6 Å². The molecule has 2 aromatic rings. The SMILES string of the molecule is CCc1cccc2c(/C(C)=C\C(=O)O)cc(OC)c(OCOC)c12. The summed E-state index contributed by atoms with van der Waals surface area (Å²) in [6.07, 6.45) is 2.01. The van der Waals surface area contributed by atoms with Crippen LogP contribution in [0.3, 0.4) is 0 Å². The number of hydrogen-bond acceptors (Lipinski definition) is 4. The topological polar surface area (TPSA) is 65.0 Å². The standard InChI is InChI=1S/C19H22O5/c1-5-13-7-6-8-14-15(12(2)9-17(20)21)10-16(23-4)19(18(13)14)24-11-22-3/h6-10H,5,11H2,1-4H3,(H,20,21)/b12-9-. The van der Waals surface area contributed by atoms with Crippen molar-refractivity contribution in [2.24, 2.45) is 0 Å². The summed E-state index contributed by atoms with van der Waals surface area (Å²) in [5.74, 6) is 0.179. The molecule has 2 aromatic carbocycles. The van der Waals surface area contributed by atoms with Crippen LogP contribution in [-0.4, -0.2) is 32.1 Å². The van der Waals surface area contributed by atoms with Crippen molar-refractivity contribution in [1.29, 1.82) is 0 Å². The molecule has 0 atom stereocenters. The van der Waals surface area contributed by atoms with Crippen LogP contribution in [0.4, 0.5) is 0 Å². The van der Waals surface area contributed by atoms with E-state index in [0.717, 1.165) is 28.3 Å². The van der Waals surface area contributed by atoms with E-state index in [1.165, 1.54) is 6.08 Å². The van der Waals surface area contributed by atoms with E-state index in [1.54, 1.807) is 21.1 Å². The van der Waals surface area contributed by atoms with Gasteiger partial charge >= 0.3 is 5.97 Å². The molecule has 0 unspecified atom stereocenters. The van der Waals surface area contributed by atoms with E-state index in [-0.39, 0.29) is 6.79 Å². The quantitative estimate of drug-likeness (QED) is 0.616. The van der Waals surface area contributed by atoms with Crippen LogP contribution in [0.1, 0.15) is 25.0 Å². The van der Waals surface area contributed by atoms with Crippen LogP contribution in [0.2, 0.25) is 0 Å². The molecule has 128 valence electrons. The molecule has 0 aliphatic rings. The second kappa shape index (κ2) is 7.84. The van der Waals surface area contributed by atoms with Gasteiger partial charge < -0.3 is 19.3 Å². The maximum Gasteiger partial charge on any atom is 0.328 e. The van der Waals surface area contributed by atoms with Gasteiger partial charge in [-0.2, -0.15) is 0 Å². The van der Waals surface area contributed by atoms with Crippen LogP contribution < -0.4 is 9.47 Å². The molecule has 0 saturated heterocycles. The van der Waals surface area contributed by atoms with Gasteiger partial charge in [-0.05, 0) is 41.5 Å². The summed E-state index contributed by atoms with van der Waals surface area (Å²) in [5.41, 5.74) is 2.56. The largest absolute Gasteiger partial charge is 0.493 e. The van der Waals surface area contributed by atoms with Gasteiger partial charge in [0.2, 0.25) is 0 Å². The molecule has 0 aliphatic carbocycles. The first-order valence-corrected chi connectivity index (χ1v) is 7.69. The van der Waals surface area contributed by atoms with Gasteiger partial charge in [0.1, 0.15) is 0 Å². The Balaban J connectivity index is 2.85. The van der Waals surface area contributed by atoms with Gasteiger partial charge in [-0.25, -0.2) is 4.79 Å². The molecule has 0 amide bonds. The zero-order valence-electron chi connectivity index (χ0n) is 14.4. The Morgan fingerprint density at radius 1 is 1.29 bits per heavy atom. The van der Waals surface area contributed by atoms with E-state index in [1.807, 2.05) is 24.3 Å². The Morgan fingerprint density at radius 2 is 2.04 bits per heavy atom. The summed E-state index contributed by atoms with van der Waals surface area (Å²) < 4.78 is 16.3. The van der Waals surface area contributed by atoms with Crippen LogP contribution in [0, 0.1) is 0 Å². The van der Waals surface area contributed by atoms with E-state index in [4.69, 9.17) is 19.3 Å². The third-order valence-corrected chi connectivity index (χ3v) is 3.85. The fraction of sp³-hybridized carbons (Fsp3) is 0.316. The van der Waals surface area contributed by atoms with Gasteiger partial charge in [0.05, 0.1) is 7.11 Å². The summed E-state index contributed by atoms with van der Waals surface area (Å²) >= 11 is 0. The van der Waals surface area contributed by atoms with Gasteiger partial charge in [-0.15, -0.1) is 0 Å². The smallest absolute Gasteiger partial charge is 0.328 e. The average molecular weight is 330 g/mol. The molecule has 1 N–H and O–H groups in total. The number of aliphatic carboxylic acids is 1. The number of rotatable bonds is 7. The molecule has 5 heteroatoms. The number of carboxylic acid groups (broad SMARTS) is 1. The molecule has 0 radical (unpaired) electrons. The third-order valence-electron chi connectivity index (χ3n) is 3.85. The number of ether oxygens (including phenoxy) is 3. The molecule has 24 heavy (non-hydrogen) atoms. The van der Waals surface area contributed by atoms with Crippen molar-refractivity contribution < 1.29 is 24.1 Å². The van der Waals surface area contributed by atoms with Crippen LogP contribution in [0.25, 0.3) is 16.3 Å². The number of methoxy groups -OCH3 is 2. The molecule has 0 heterocycles. The summed E-state index contributed by atoms with van der Waals surface area (Å²) in [6.45, 7) is 3.94. The molecule has 5 nitrogen and oxygen atoms in total. The maximum atomic E-state index is 11.1. The normalized spacial score (nSPS) is 11.6. The molecule has 2 rings (SSSR count). The summed E-state index contributed by atoms with van der Waals surface area (Å²) in [4.78, 5) is 11.1. The van der Waals surface area contributed by atoms with Gasteiger partial charge in [0.15, 0.2) is 18.3 Å². The highest BCUT2D eigenvalue weighted by Crippen LogP contribution is 2.42. The summed E-state index contributed by atoms with van der Waals surface area (Å²) in [7, 11) is 3.12. The summed E-state index contributed by atoms with van der Waals surface area (Å²) in [6, 6.07) is 7.76. The number of fused-ring (bicyclic) bond motifs is 1. The maximum absolute atomic E-state index is 11.1. The average Bonchev–Trinajstić information content (AvgIpc) is 2.57. The molecule has 0 aliphatic heterocycles. The molecular formula is C19H22O5. The zero-order valence-corrected chi connectivity index (χ0v) is 14.4. The van der Waals surface area contributed by atoms with Crippen LogP contribution in [0.5, 0.6) is 11.5 Å². The van der Waals surface area contributed by atoms with Crippen molar-refractivity contribution in [3.05, 3.63) is 41.5 Å². The lowest BCUT2D eigenvalue weighted by atomic mass is 9.93. The number of allylic oxidation sites excluding steroid dienone is 1. The first-order valence-electron chi connectivity index (χ1n) is 7.69. The number of carbonyl (C=O) groups is 1. The van der Waals surface area contributed by atoms with E-state index < -0.39 is 5.97 Å². The minimum atomic E-state index is -0.981. The van der Waals surface area contributed by atoms with Crippen molar-refractivity contribution in [2.45, 2.75) is 20.3 Å². The highest BCUT2D eigenvalue weighted by molar-refractivity contribution is 6.03. The van der Waals surface area contributed by atoms with Gasteiger partial charge in [0.25, 0.3) is 0 Å². The molecular weight excluding hydrogens is 308 g/mol. The minimum Gasteiger partial charge on any atom is -0.493 e.